The SMILES string of the molecule is CCC[NH+]1CCN(C(=O)c2cn(-c3ccccc3)nc2-c2ccc(F)cc2)CC1. The zero-order valence-corrected chi connectivity index (χ0v) is 16.6. The largest absolute Gasteiger partial charge is 0.332 e. The predicted octanol–water partition coefficient (Wildman–Crippen LogP) is 2.43. The molecule has 1 aliphatic rings. The number of halogens is 1. The molecule has 0 unspecified atom stereocenters. The number of hydrogen-bond donors (Lipinski definition) is 1. The van der Waals surface area contributed by atoms with Crippen molar-refractivity contribution in [3.05, 3.63) is 72.2 Å². The molecule has 0 saturated carbocycles. The van der Waals surface area contributed by atoms with Crippen molar-refractivity contribution in [2.45, 2.75) is 13.3 Å². The van der Waals surface area contributed by atoms with Crippen molar-refractivity contribution in [2.75, 3.05) is 32.7 Å². The number of amides is 1. The fraction of sp³-hybridized carbons (Fsp3) is 0.304. The molecule has 4 rings (SSSR count). The highest BCUT2D eigenvalue weighted by atomic mass is 19.1. The van der Waals surface area contributed by atoms with E-state index in [1.54, 1.807) is 27.9 Å². The van der Waals surface area contributed by atoms with Crippen LogP contribution in [0.5, 0.6) is 0 Å². The maximum absolute atomic E-state index is 13.4. The maximum Gasteiger partial charge on any atom is 0.258 e. The Labute approximate surface area is 170 Å². The van der Waals surface area contributed by atoms with Crippen LogP contribution in [-0.2, 0) is 0 Å². The molecule has 1 aromatic heterocycles. The zero-order valence-electron chi connectivity index (χ0n) is 16.6. The summed E-state index contributed by atoms with van der Waals surface area (Å²) < 4.78 is 15.1. The van der Waals surface area contributed by atoms with Gasteiger partial charge in [0.2, 0.25) is 0 Å². The summed E-state index contributed by atoms with van der Waals surface area (Å²) in [4.78, 5) is 16.8. The number of hydrogen-bond acceptors (Lipinski definition) is 2. The Bertz CT molecular complexity index is 960. The lowest BCUT2D eigenvalue weighted by Crippen LogP contribution is -3.14. The number of aromatic nitrogens is 2. The first-order valence-electron chi connectivity index (χ1n) is 10.2. The molecule has 0 spiro atoms. The second kappa shape index (κ2) is 8.57. The van der Waals surface area contributed by atoms with Crippen molar-refractivity contribution in [1.82, 2.24) is 14.7 Å². The molecule has 0 atom stereocenters. The van der Waals surface area contributed by atoms with Crippen LogP contribution in [0, 0.1) is 5.82 Å². The van der Waals surface area contributed by atoms with Crippen LogP contribution in [0.15, 0.2) is 60.8 Å². The molecule has 2 heterocycles. The van der Waals surface area contributed by atoms with Gasteiger partial charge in [-0.3, -0.25) is 4.79 Å². The maximum atomic E-state index is 13.4. The van der Waals surface area contributed by atoms with Gasteiger partial charge in [-0.25, -0.2) is 9.07 Å². The van der Waals surface area contributed by atoms with Gasteiger partial charge in [0, 0.05) is 11.8 Å². The molecule has 1 amide bonds. The Morgan fingerprint density at radius 3 is 2.41 bits per heavy atom. The second-order valence-corrected chi connectivity index (χ2v) is 7.47. The van der Waals surface area contributed by atoms with E-state index in [0.29, 0.717) is 11.3 Å². The van der Waals surface area contributed by atoms with Crippen molar-refractivity contribution >= 4 is 5.91 Å². The van der Waals surface area contributed by atoms with Crippen LogP contribution in [-0.4, -0.2) is 53.3 Å². The molecular formula is C23H26FN4O+. The third-order valence-electron chi connectivity index (χ3n) is 5.44. The van der Waals surface area contributed by atoms with Crippen molar-refractivity contribution in [3.63, 3.8) is 0 Å². The van der Waals surface area contributed by atoms with Crippen molar-refractivity contribution in [1.29, 1.82) is 0 Å². The van der Waals surface area contributed by atoms with Gasteiger partial charge in [0.25, 0.3) is 5.91 Å². The summed E-state index contributed by atoms with van der Waals surface area (Å²) in [5.74, 6) is -0.318. The minimum atomic E-state index is -0.306. The smallest absolute Gasteiger partial charge is 0.258 e. The lowest BCUT2D eigenvalue weighted by Gasteiger charge is -2.32. The van der Waals surface area contributed by atoms with Crippen molar-refractivity contribution in [3.8, 4) is 16.9 Å². The quantitative estimate of drug-likeness (QED) is 0.724. The van der Waals surface area contributed by atoms with Gasteiger partial charge in [-0.15, -0.1) is 0 Å². The summed E-state index contributed by atoms with van der Waals surface area (Å²) in [6, 6.07) is 15.9. The highest BCUT2D eigenvalue weighted by Gasteiger charge is 2.28. The third-order valence-corrected chi connectivity index (χ3v) is 5.44. The molecule has 3 aromatic rings. The molecule has 1 aliphatic heterocycles. The minimum absolute atomic E-state index is 0.0120. The topological polar surface area (TPSA) is 42.6 Å². The third kappa shape index (κ3) is 4.22. The van der Waals surface area contributed by atoms with E-state index in [1.165, 1.54) is 12.1 Å². The number of nitrogens with one attached hydrogen (secondary N) is 1. The van der Waals surface area contributed by atoms with Crippen LogP contribution < -0.4 is 4.90 Å². The second-order valence-electron chi connectivity index (χ2n) is 7.47. The Morgan fingerprint density at radius 1 is 1.07 bits per heavy atom. The summed E-state index contributed by atoms with van der Waals surface area (Å²) >= 11 is 0. The van der Waals surface area contributed by atoms with Crippen LogP contribution in [0.2, 0.25) is 0 Å². The number of rotatable bonds is 5. The van der Waals surface area contributed by atoms with Gasteiger partial charge < -0.3 is 9.80 Å². The fourth-order valence-electron chi connectivity index (χ4n) is 3.86. The van der Waals surface area contributed by atoms with Gasteiger partial charge in [0.15, 0.2) is 0 Å². The van der Waals surface area contributed by atoms with Crippen LogP contribution in [0.3, 0.4) is 0 Å². The monoisotopic (exact) mass is 393 g/mol. The predicted molar refractivity (Wildman–Crippen MR) is 111 cm³/mol. The molecule has 6 heteroatoms. The number of benzene rings is 2. The first-order chi connectivity index (χ1) is 14.2. The molecule has 2 aromatic carbocycles. The average molecular weight is 393 g/mol. The van der Waals surface area contributed by atoms with E-state index in [0.717, 1.165) is 50.4 Å². The molecule has 0 aliphatic carbocycles. The van der Waals surface area contributed by atoms with Gasteiger partial charge in [0.1, 0.15) is 11.5 Å². The first-order valence-corrected chi connectivity index (χ1v) is 10.2. The zero-order chi connectivity index (χ0) is 20.2. The number of para-hydroxylation sites is 1. The molecule has 0 bridgehead atoms. The van der Waals surface area contributed by atoms with Gasteiger partial charge >= 0.3 is 0 Å². The lowest BCUT2D eigenvalue weighted by molar-refractivity contribution is -0.904. The summed E-state index contributed by atoms with van der Waals surface area (Å²) in [5.41, 5.74) is 2.76. The molecule has 1 fully saturated rings. The van der Waals surface area contributed by atoms with E-state index in [1.807, 2.05) is 35.2 Å². The number of piperazine rings is 1. The normalized spacial score (nSPS) is 14.9. The lowest BCUT2D eigenvalue weighted by atomic mass is 10.1. The van der Waals surface area contributed by atoms with Crippen molar-refractivity contribution < 1.29 is 14.1 Å². The van der Waals surface area contributed by atoms with Crippen LogP contribution in [0.1, 0.15) is 23.7 Å². The Hall–Kier alpha value is -2.99. The van der Waals surface area contributed by atoms with Gasteiger partial charge in [-0.1, -0.05) is 25.1 Å². The van der Waals surface area contributed by atoms with Gasteiger partial charge in [-0.05, 0) is 42.8 Å². The molecule has 0 radical (unpaired) electrons. The number of nitrogens with zero attached hydrogens (tertiary/aromatic N) is 3. The van der Waals surface area contributed by atoms with Crippen LogP contribution in [0.4, 0.5) is 4.39 Å². The minimum Gasteiger partial charge on any atom is -0.332 e. The van der Waals surface area contributed by atoms with E-state index < -0.39 is 0 Å². The molecule has 1 N–H and O–H groups in total. The van der Waals surface area contributed by atoms with Gasteiger partial charge in [-0.2, -0.15) is 5.10 Å². The molecule has 29 heavy (non-hydrogen) atoms. The van der Waals surface area contributed by atoms with E-state index in [4.69, 9.17) is 0 Å². The highest BCUT2D eigenvalue weighted by Crippen LogP contribution is 2.25. The van der Waals surface area contributed by atoms with E-state index >= 15 is 0 Å². The summed E-state index contributed by atoms with van der Waals surface area (Å²) in [6.07, 6.45) is 2.95. The van der Waals surface area contributed by atoms with E-state index in [-0.39, 0.29) is 11.7 Å². The number of quaternary nitrogens is 1. The number of carbonyl (C=O) groups is 1. The highest BCUT2D eigenvalue weighted by molar-refractivity contribution is 6.00. The molecule has 1 saturated heterocycles. The average Bonchev–Trinajstić information content (AvgIpc) is 3.21. The molecule has 150 valence electrons. The summed E-state index contributed by atoms with van der Waals surface area (Å²) in [7, 11) is 0. The Balaban J connectivity index is 1.67. The van der Waals surface area contributed by atoms with E-state index in [2.05, 4.69) is 12.0 Å². The van der Waals surface area contributed by atoms with Crippen LogP contribution in [0.25, 0.3) is 16.9 Å². The molecular weight excluding hydrogens is 367 g/mol. The van der Waals surface area contributed by atoms with Crippen LogP contribution >= 0.6 is 0 Å². The Morgan fingerprint density at radius 2 is 1.76 bits per heavy atom. The first kappa shape index (κ1) is 19.3. The standard InChI is InChI=1S/C23H25FN4O/c1-2-12-26-13-15-27(16-14-26)23(29)21-17-28(20-6-4-3-5-7-20)25-22(21)18-8-10-19(24)11-9-18/h3-11,17H,2,12-16H2,1H3/p+1. The van der Waals surface area contributed by atoms with E-state index in [9.17, 15) is 9.18 Å². The number of carbonyl (C=O) groups excluding carboxylic acids is 1. The van der Waals surface area contributed by atoms with Gasteiger partial charge in [0.05, 0.1) is 44.0 Å². The van der Waals surface area contributed by atoms with Crippen molar-refractivity contribution in [2.24, 2.45) is 0 Å². The fourth-order valence-corrected chi connectivity index (χ4v) is 3.86. The summed E-state index contributed by atoms with van der Waals surface area (Å²) in [6.45, 7) is 6.77. The Kier molecular flexibility index (Phi) is 5.71. The molecule has 5 nitrogen and oxygen atoms in total. The summed E-state index contributed by atoms with van der Waals surface area (Å²) in [5, 5.41) is 4.68.